The molecule has 0 amide bonds. The topological polar surface area (TPSA) is 59.6 Å². The van der Waals surface area contributed by atoms with Gasteiger partial charge in [0.25, 0.3) is 0 Å². The van der Waals surface area contributed by atoms with E-state index in [-0.39, 0.29) is 24.0 Å². The van der Waals surface area contributed by atoms with Crippen molar-refractivity contribution >= 4 is 47.0 Å². The average Bonchev–Trinajstić information content (AvgIpc) is 2.93. The van der Waals surface area contributed by atoms with Crippen molar-refractivity contribution in [1.82, 2.24) is 0 Å². The van der Waals surface area contributed by atoms with Crippen LogP contribution in [0.2, 0.25) is 0 Å². The van der Waals surface area contributed by atoms with Crippen molar-refractivity contribution in [3.8, 4) is 5.75 Å². The van der Waals surface area contributed by atoms with E-state index in [1.54, 1.807) is 18.4 Å². The highest BCUT2D eigenvalue weighted by Gasteiger charge is 1.97. The van der Waals surface area contributed by atoms with Gasteiger partial charge in [0.1, 0.15) is 5.75 Å². The second-order valence-electron chi connectivity index (χ2n) is 3.95. The fourth-order valence-electron chi connectivity index (χ4n) is 1.60. The third-order valence-corrected chi connectivity index (χ3v) is 3.52. The van der Waals surface area contributed by atoms with Crippen molar-refractivity contribution in [1.29, 1.82) is 0 Å². The molecule has 0 saturated carbocycles. The van der Waals surface area contributed by atoms with Gasteiger partial charge in [0.05, 0.1) is 7.11 Å². The number of benzene rings is 1. The average molecular weight is 403 g/mol. The maximum atomic E-state index is 5.83. The van der Waals surface area contributed by atoms with Crippen LogP contribution in [0.4, 0.5) is 5.69 Å². The summed E-state index contributed by atoms with van der Waals surface area (Å²) in [5.41, 5.74) is 6.73. The number of aliphatic imine (C=N–C) groups is 1. The van der Waals surface area contributed by atoms with Gasteiger partial charge in [-0.05, 0) is 35.7 Å². The Morgan fingerprint density at radius 3 is 2.65 bits per heavy atom. The zero-order valence-electron chi connectivity index (χ0n) is 11.2. The first-order valence-corrected chi connectivity index (χ1v) is 6.89. The van der Waals surface area contributed by atoms with Crippen molar-refractivity contribution in [3.05, 3.63) is 46.7 Å². The molecule has 1 aromatic heterocycles. The Labute approximate surface area is 140 Å². The highest BCUT2D eigenvalue weighted by atomic mass is 127. The van der Waals surface area contributed by atoms with E-state index in [4.69, 9.17) is 10.5 Å². The Bertz CT molecular complexity index is 526. The van der Waals surface area contributed by atoms with Gasteiger partial charge < -0.3 is 15.8 Å². The molecule has 108 valence electrons. The van der Waals surface area contributed by atoms with Gasteiger partial charge in [0, 0.05) is 23.5 Å². The van der Waals surface area contributed by atoms with Gasteiger partial charge in [-0.3, -0.25) is 4.99 Å². The summed E-state index contributed by atoms with van der Waals surface area (Å²) >= 11 is 1.74. The normalized spacial score (nSPS) is 10.8. The maximum Gasteiger partial charge on any atom is 0.193 e. The number of thiophene rings is 1. The molecular formula is C14H18IN3OS. The van der Waals surface area contributed by atoms with Crippen LogP contribution in [0, 0.1) is 0 Å². The van der Waals surface area contributed by atoms with Crippen LogP contribution in [-0.4, -0.2) is 19.6 Å². The lowest BCUT2D eigenvalue weighted by atomic mass is 10.3. The van der Waals surface area contributed by atoms with E-state index in [9.17, 15) is 0 Å². The molecule has 0 atom stereocenters. The summed E-state index contributed by atoms with van der Waals surface area (Å²) in [5.74, 6) is 1.25. The number of guanidine groups is 1. The maximum absolute atomic E-state index is 5.83. The lowest BCUT2D eigenvalue weighted by molar-refractivity contribution is 0.415. The van der Waals surface area contributed by atoms with Crippen molar-refractivity contribution in [3.63, 3.8) is 0 Å². The summed E-state index contributed by atoms with van der Waals surface area (Å²) < 4.78 is 5.09. The first kappa shape index (κ1) is 16.8. The van der Waals surface area contributed by atoms with Gasteiger partial charge in [-0.1, -0.05) is 6.07 Å². The quantitative estimate of drug-likeness (QED) is 0.458. The summed E-state index contributed by atoms with van der Waals surface area (Å²) in [6.07, 6.45) is 0.919. The van der Waals surface area contributed by atoms with E-state index < -0.39 is 0 Å². The molecule has 0 bridgehead atoms. The minimum absolute atomic E-state index is 0. The lowest BCUT2D eigenvalue weighted by Gasteiger charge is -2.06. The van der Waals surface area contributed by atoms with E-state index in [1.807, 2.05) is 30.3 Å². The molecule has 0 fully saturated rings. The Kier molecular flexibility index (Phi) is 7.38. The number of methoxy groups -OCH3 is 1. The molecule has 0 spiro atoms. The van der Waals surface area contributed by atoms with E-state index in [1.165, 1.54) is 4.88 Å². The summed E-state index contributed by atoms with van der Waals surface area (Å²) in [5, 5.41) is 5.12. The molecule has 2 rings (SSSR count). The Balaban J connectivity index is 0.00000200. The second kappa shape index (κ2) is 8.80. The number of ether oxygens (including phenoxy) is 1. The van der Waals surface area contributed by atoms with Gasteiger partial charge in [0.15, 0.2) is 5.96 Å². The third kappa shape index (κ3) is 5.38. The van der Waals surface area contributed by atoms with Gasteiger partial charge in [-0.2, -0.15) is 0 Å². The molecule has 0 aliphatic carbocycles. The first-order valence-electron chi connectivity index (χ1n) is 6.01. The van der Waals surface area contributed by atoms with Crippen LogP contribution < -0.4 is 15.8 Å². The summed E-state index contributed by atoms with van der Waals surface area (Å²) in [6.45, 7) is 0.690. The molecule has 0 saturated heterocycles. The number of nitrogens with zero attached hydrogens (tertiary/aromatic N) is 1. The van der Waals surface area contributed by atoms with Crippen LogP contribution in [-0.2, 0) is 6.42 Å². The lowest BCUT2D eigenvalue weighted by Crippen LogP contribution is -2.23. The molecular weight excluding hydrogens is 385 g/mol. The molecule has 0 radical (unpaired) electrons. The molecule has 1 heterocycles. The monoisotopic (exact) mass is 403 g/mol. The minimum Gasteiger partial charge on any atom is -0.497 e. The predicted octanol–water partition coefficient (Wildman–Crippen LogP) is 3.34. The number of anilines is 1. The molecule has 1 aromatic carbocycles. The number of halogens is 1. The third-order valence-electron chi connectivity index (χ3n) is 2.58. The molecule has 0 unspecified atom stereocenters. The van der Waals surface area contributed by atoms with E-state index >= 15 is 0 Å². The number of nitrogens with one attached hydrogen (secondary N) is 1. The smallest absolute Gasteiger partial charge is 0.193 e. The number of hydrogen-bond donors (Lipinski definition) is 2. The van der Waals surface area contributed by atoms with Gasteiger partial charge >= 0.3 is 0 Å². The molecule has 2 aromatic rings. The highest BCUT2D eigenvalue weighted by Crippen LogP contribution is 2.14. The summed E-state index contributed by atoms with van der Waals surface area (Å²) in [4.78, 5) is 5.62. The van der Waals surface area contributed by atoms with E-state index in [2.05, 4.69) is 21.8 Å². The predicted molar refractivity (Wildman–Crippen MR) is 96.5 cm³/mol. The van der Waals surface area contributed by atoms with Gasteiger partial charge in [-0.25, -0.2) is 0 Å². The van der Waals surface area contributed by atoms with Crippen molar-refractivity contribution in [2.45, 2.75) is 6.42 Å². The van der Waals surface area contributed by atoms with Gasteiger partial charge in [0.2, 0.25) is 0 Å². The number of nitrogens with two attached hydrogens (primary N) is 1. The standard InChI is InChI=1S/C14H17N3OS.HI/c1-18-12-6-4-11(5-7-12)17-14(15)16-9-8-13-3-2-10-19-13;/h2-7,10H,8-9H2,1H3,(H3,15,16,17);1H. The van der Waals surface area contributed by atoms with Crippen LogP contribution in [0.25, 0.3) is 0 Å². The zero-order valence-corrected chi connectivity index (χ0v) is 14.4. The Morgan fingerprint density at radius 1 is 1.30 bits per heavy atom. The Morgan fingerprint density at radius 2 is 2.05 bits per heavy atom. The van der Waals surface area contributed by atoms with Crippen molar-refractivity contribution in [2.24, 2.45) is 10.7 Å². The molecule has 0 aliphatic heterocycles. The highest BCUT2D eigenvalue weighted by molar-refractivity contribution is 14.0. The first-order chi connectivity index (χ1) is 9.28. The molecule has 0 aliphatic rings. The minimum atomic E-state index is 0. The molecule has 3 N–H and O–H groups in total. The van der Waals surface area contributed by atoms with Crippen LogP contribution in [0.15, 0.2) is 46.8 Å². The van der Waals surface area contributed by atoms with Crippen LogP contribution >= 0.6 is 35.3 Å². The molecule has 20 heavy (non-hydrogen) atoms. The van der Waals surface area contributed by atoms with Crippen molar-refractivity contribution in [2.75, 3.05) is 19.0 Å². The Hall–Kier alpha value is -1.28. The largest absolute Gasteiger partial charge is 0.497 e. The van der Waals surface area contributed by atoms with Crippen LogP contribution in [0.3, 0.4) is 0 Å². The summed E-state index contributed by atoms with van der Waals surface area (Å²) in [6, 6.07) is 11.7. The molecule has 4 nitrogen and oxygen atoms in total. The van der Waals surface area contributed by atoms with Crippen LogP contribution in [0.5, 0.6) is 5.75 Å². The van der Waals surface area contributed by atoms with E-state index in [0.717, 1.165) is 17.9 Å². The number of hydrogen-bond acceptors (Lipinski definition) is 3. The molecule has 6 heteroatoms. The number of rotatable bonds is 5. The van der Waals surface area contributed by atoms with E-state index in [0.29, 0.717) is 12.5 Å². The van der Waals surface area contributed by atoms with Gasteiger partial charge in [-0.15, -0.1) is 35.3 Å². The zero-order chi connectivity index (χ0) is 13.5. The SMILES string of the molecule is COc1ccc(NC(N)=NCCc2cccs2)cc1.I. The van der Waals surface area contributed by atoms with Crippen LogP contribution in [0.1, 0.15) is 4.88 Å². The fraction of sp³-hybridized carbons (Fsp3) is 0.214. The second-order valence-corrected chi connectivity index (χ2v) is 4.98. The van der Waals surface area contributed by atoms with Crippen molar-refractivity contribution < 1.29 is 4.74 Å². The fourth-order valence-corrected chi connectivity index (χ4v) is 2.30. The summed E-state index contributed by atoms with van der Waals surface area (Å²) in [7, 11) is 1.64.